The molecule has 0 bridgehead atoms. The molecule has 0 radical (unpaired) electrons. The Balaban J connectivity index is 2.46. The lowest BCUT2D eigenvalue weighted by Crippen LogP contribution is -2.21. The number of benzene rings is 1. The van der Waals surface area contributed by atoms with Crippen molar-refractivity contribution >= 4 is 12.3 Å². The van der Waals surface area contributed by atoms with E-state index in [4.69, 9.17) is 4.74 Å². The van der Waals surface area contributed by atoms with Gasteiger partial charge in [0.2, 0.25) is 0 Å². The Labute approximate surface area is 76.2 Å². The van der Waals surface area contributed by atoms with Gasteiger partial charge in [0, 0.05) is 6.21 Å². The molecule has 4 heteroatoms. The highest BCUT2D eigenvalue weighted by Crippen LogP contribution is 2.07. The smallest absolute Gasteiger partial charge is 0.409 e. The first kappa shape index (κ1) is 9.25. The van der Waals surface area contributed by atoms with Crippen LogP contribution in [-0.4, -0.2) is 12.3 Å². The summed E-state index contributed by atoms with van der Waals surface area (Å²) in [7, 11) is 0. The lowest BCUT2D eigenvalue weighted by Gasteiger charge is -2.01. The Morgan fingerprint density at radius 3 is 2.77 bits per heavy atom. The van der Waals surface area contributed by atoms with Gasteiger partial charge < -0.3 is 4.74 Å². The number of para-hydroxylation sites is 1. The van der Waals surface area contributed by atoms with E-state index in [1.54, 1.807) is 31.2 Å². The van der Waals surface area contributed by atoms with Crippen LogP contribution in [0.1, 0.15) is 6.92 Å². The first-order valence-corrected chi connectivity index (χ1v) is 3.83. The average molecular weight is 178 g/mol. The van der Waals surface area contributed by atoms with Gasteiger partial charge in [-0.3, -0.25) is 0 Å². The second kappa shape index (κ2) is 4.92. The summed E-state index contributed by atoms with van der Waals surface area (Å²) in [6.07, 6.45) is 0.871. The molecule has 0 spiro atoms. The first-order valence-electron chi connectivity index (χ1n) is 3.83. The van der Waals surface area contributed by atoms with Crippen LogP contribution in [0, 0.1) is 0 Å². The molecule has 1 aromatic carbocycles. The third kappa shape index (κ3) is 3.37. The topological polar surface area (TPSA) is 50.7 Å². The summed E-state index contributed by atoms with van der Waals surface area (Å²) < 4.78 is 4.85. The second-order valence-electron chi connectivity index (χ2n) is 2.20. The number of amides is 1. The zero-order chi connectivity index (χ0) is 9.52. The molecule has 0 unspecified atom stereocenters. The number of ether oxygens (including phenoxy) is 1. The fourth-order valence-electron chi connectivity index (χ4n) is 0.736. The van der Waals surface area contributed by atoms with E-state index >= 15 is 0 Å². The molecule has 0 aliphatic carbocycles. The average Bonchev–Trinajstić information content (AvgIpc) is 2.16. The van der Waals surface area contributed by atoms with E-state index in [9.17, 15) is 4.79 Å². The van der Waals surface area contributed by atoms with E-state index in [1.807, 2.05) is 6.07 Å². The van der Waals surface area contributed by atoms with Crippen LogP contribution >= 0.6 is 0 Å². The highest BCUT2D eigenvalue weighted by molar-refractivity contribution is 5.71. The van der Waals surface area contributed by atoms with E-state index in [1.165, 1.54) is 6.21 Å². The summed E-state index contributed by atoms with van der Waals surface area (Å²) in [6, 6.07) is 8.79. The van der Waals surface area contributed by atoms with Crippen molar-refractivity contribution in [2.75, 3.05) is 0 Å². The maximum atomic E-state index is 10.9. The van der Waals surface area contributed by atoms with E-state index < -0.39 is 6.09 Å². The minimum Gasteiger partial charge on any atom is -0.409 e. The van der Waals surface area contributed by atoms with Crippen LogP contribution in [-0.2, 0) is 0 Å². The van der Waals surface area contributed by atoms with Crippen molar-refractivity contribution in [1.29, 1.82) is 0 Å². The molecule has 1 N–H and O–H groups in total. The summed E-state index contributed by atoms with van der Waals surface area (Å²) in [5, 5.41) is 3.52. The molecular weight excluding hydrogens is 168 g/mol. The summed E-state index contributed by atoms with van der Waals surface area (Å²) in [5.41, 5.74) is 2.19. The van der Waals surface area contributed by atoms with Crippen LogP contribution < -0.4 is 10.2 Å². The number of nitrogens with zero attached hydrogens (tertiary/aromatic N) is 1. The monoisotopic (exact) mass is 178 g/mol. The highest BCUT2D eigenvalue weighted by atomic mass is 16.6. The molecule has 0 fully saturated rings. The van der Waals surface area contributed by atoms with E-state index in [2.05, 4.69) is 10.5 Å². The zero-order valence-electron chi connectivity index (χ0n) is 7.23. The van der Waals surface area contributed by atoms with Crippen LogP contribution in [0.5, 0.6) is 5.75 Å². The van der Waals surface area contributed by atoms with Gasteiger partial charge in [-0.2, -0.15) is 5.10 Å². The second-order valence-corrected chi connectivity index (χ2v) is 2.20. The summed E-state index contributed by atoms with van der Waals surface area (Å²) in [5.74, 6) is 0.492. The molecule has 1 aromatic rings. The van der Waals surface area contributed by atoms with Gasteiger partial charge in [-0.05, 0) is 19.1 Å². The van der Waals surface area contributed by atoms with Gasteiger partial charge in [-0.25, -0.2) is 10.2 Å². The summed E-state index contributed by atoms with van der Waals surface area (Å²) in [4.78, 5) is 10.9. The lowest BCUT2D eigenvalue weighted by molar-refractivity contribution is 0.201. The van der Waals surface area contributed by atoms with Crippen molar-refractivity contribution in [2.45, 2.75) is 6.92 Å². The molecule has 4 nitrogen and oxygen atoms in total. The molecule has 68 valence electrons. The largest absolute Gasteiger partial charge is 0.433 e. The Morgan fingerprint density at radius 2 is 2.15 bits per heavy atom. The minimum atomic E-state index is -0.593. The lowest BCUT2D eigenvalue weighted by atomic mass is 10.3. The van der Waals surface area contributed by atoms with Gasteiger partial charge >= 0.3 is 6.09 Å². The van der Waals surface area contributed by atoms with Crippen molar-refractivity contribution < 1.29 is 9.53 Å². The maximum Gasteiger partial charge on any atom is 0.433 e. The number of carbonyl (C=O) groups is 1. The number of hydrogen-bond acceptors (Lipinski definition) is 3. The number of carbonyl (C=O) groups excluding carboxylic acids is 1. The SMILES string of the molecule is C/C=N/NC(=O)Oc1ccccc1. The predicted molar refractivity (Wildman–Crippen MR) is 49.8 cm³/mol. The highest BCUT2D eigenvalue weighted by Gasteiger charge is 1.99. The van der Waals surface area contributed by atoms with E-state index in [0.717, 1.165) is 0 Å². The summed E-state index contributed by atoms with van der Waals surface area (Å²) >= 11 is 0. The molecule has 0 saturated heterocycles. The quantitative estimate of drug-likeness (QED) is 0.554. The van der Waals surface area contributed by atoms with Crippen molar-refractivity contribution in [1.82, 2.24) is 5.43 Å². The first-order chi connectivity index (χ1) is 6.33. The van der Waals surface area contributed by atoms with Gasteiger partial charge in [-0.1, -0.05) is 18.2 Å². The molecule has 0 aliphatic rings. The number of nitrogens with one attached hydrogen (secondary N) is 1. The molecule has 13 heavy (non-hydrogen) atoms. The molecular formula is C9H10N2O2. The third-order valence-corrected chi connectivity index (χ3v) is 1.24. The van der Waals surface area contributed by atoms with Gasteiger partial charge in [-0.15, -0.1) is 0 Å². The van der Waals surface area contributed by atoms with Crippen molar-refractivity contribution in [2.24, 2.45) is 5.10 Å². The fourth-order valence-corrected chi connectivity index (χ4v) is 0.736. The molecule has 1 amide bonds. The molecule has 0 aromatic heterocycles. The molecule has 0 heterocycles. The molecule has 0 aliphatic heterocycles. The van der Waals surface area contributed by atoms with Crippen molar-refractivity contribution in [3.8, 4) is 5.75 Å². The van der Waals surface area contributed by atoms with Crippen LogP contribution in [0.25, 0.3) is 0 Å². The number of rotatable bonds is 2. The van der Waals surface area contributed by atoms with Crippen LogP contribution in [0.2, 0.25) is 0 Å². The fraction of sp³-hybridized carbons (Fsp3) is 0.111. The number of hydrazone groups is 1. The predicted octanol–water partition coefficient (Wildman–Crippen LogP) is 1.78. The molecule has 0 atom stereocenters. The van der Waals surface area contributed by atoms with Crippen LogP contribution in [0.15, 0.2) is 35.4 Å². The standard InChI is InChI=1S/C9H10N2O2/c1-2-10-11-9(12)13-8-6-4-3-5-7-8/h2-7H,1H3,(H,11,12)/b10-2+. The Hall–Kier alpha value is -1.84. The minimum absolute atomic E-state index is 0.492. The van der Waals surface area contributed by atoms with Gasteiger partial charge in [0.15, 0.2) is 0 Å². The molecule has 1 rings (SSSR count). The van der Waals surface area contributed by atoms with Crippen molar-refractivity contribution in [3.05, 3.63) is 30.3 Å². The van der Waals surface area contributed by atoms with Crippen LogP contribution in [0.3, 0.4) is 0 Å². The molecule has 0 saturated carbocycles. The van der Waals surface area contributed by atoms with Gasteiger partial charge in [0.1, 0.15) is 5.75 Å². The van der Waals surface area contributed by atoms with Crippen LogP contribution in [0.4, 0.5) is 4.79 Å². The third-order valence-electron chi connectivity index (χ3n) is 1.24. The van der Waals surface area contributed by atoms with E-state index in [-0.39, 0.29) is 0 Å². The summed E-state index contributed by atoms with van der Waals surface area (Å²) in [6.45, 7) is 1.70. The van der Waals surface area contributed by atoms with E-state index in [0.29, 0.717) is 5.75 Å². The number of hydrogen-bond donors (Lipinski definition) is 1. The van der Waals surface area contributed by atoms with Crippen molar-refractivity contribution in [3.63, 3.8) is 0 Å². The van der Waals surface area contributed by atoms with Gasteiger partial charge in [0.05, 0.1) is 0 Å². The van der Waals surface area contributed by atoms with Gasteiger partial charge in [0.25, 0.3) is 0 Å². The zero-order valence-corrected chi connectivity index (χ0v) is 7.23. The Kier molecular flexibility index (Phi) is 3.50. The normalized spacial score (nSPS) is 9.92. The Morgan fingerprint density at radius 1 is 1.46 bits per heavy atom. The Bertz CT molecular complexity index is 296. The maximum absolute atomic E-state index is 10.9.